The van der Waals surface area contributed by atoms with Crippen LogP contribution in [-0.2, 0) is 37.6 Å². The van der Waals surface area contributed by atoms with Crippen LogP contribution in [0.15, 0.2) is 146 Å². The van der Waals surface area contributed by atoms with Crippen molar-refractivity contribution >= 4 is 51.4 Å². The van der Waals surface area contributed by atoms with E-state index < -0.39 is 40.7 Å². The summed E-state index contributed by atoms with van der Waals surface area (Å²) in [6, 6.07) is 36.9. The van der Waals surface area contributed by atoms with E-state index in [2.05, 4.69) is 28.6 Å². The molecule has 0 spiro atoms. The molecule has 5 aromatic carbocycles. The first-order valence-electron chi connectivity index (χ1n) is 28.6. The van der Waals surface area contributed by atoms with Crippen LogP contribution in [0.2, 0.25) is 0 Å². The highest BCUT2D eigenvalue weighted by Gasteiger charge is 2.45. The molecule has 434 valence electrons. The van der Waals surface area contributed by atoms with E-state index in [-0.39, 0.29) is 65.9 Å². The summed E-state index contributed by atoms with van der Waals surface area (Å²) < 4.78 is 57.8. The van der Waals surface area contributed by atoms with Gasteiger partial charge in [0.15, 0.2) is 11.6 Å². The molecule has 6 N–H and O–H groups in total. The van der Waals surface area contributed by atoms with Crippen LogP contribution in [0.1, 0.15) is 149 Å². The zero-order valence-corrected chi connectivity index (χ0v) is 48.4. The number of fused-ring (bicyclic) bond motifs is 4. The molecule has 0 saturated heterocycles. The Morgan fingerprint density at radius 3 is 2.08 bits per heavy atom. The molecule has 6 heterocycles. The Hall–Kier alpha value is -9.35. The van der Waals surface area contributed by atoms with E-state index in [9.17, 15) is 36.7 Å². The van der Waals surface area contributed by atoms with E-state index in [4.69, 9.17) is 21.4 Å². The fraction of sp³-hybridized carbons (Fsp3) is 0.232. The topological polar surface area (TPSA) is 187 Å². The van der Waals surface area contributed by atoms with Gasteiger partial charge in [-0.25, -0.2) is 22.5 Å². The third-order valence-corrected chi connectivity index (χ3v) is 17.7. The standard InChI is InChI=1S/C69H60F4N8O4S/c1-36(2)25-54-62(66(75)83)60(48-20-13-40(30-51(48)77-54)28-38-9-16-44(70)17-10-38)57-23-24-58(86-57)67(84)79-52-32-43(46-7-5-6-8-47(46)52)26-37(3)27-55-61(65(74)82)59(63-64(78-55)69(4,80-68(63)85)33-39-11-18-45(71)19-12-39)42-15-22-56-53(76-35-81(56)34-42)31-41-14-21-49(72)50(73)29-41/h5-24,29-30,34-37,43,52H,25-28,31-33H2,1-4H3,(H2,74,82)(H2,75,83)(H,79,84)(H,80,85)/t37?,43?,52-,69+/m1/s1. The van der Waals surface area contributed by atoms with E-state index in [0.717, 1.165) is 39.9 Å². The Labute approximate surface area is 497 Å². The van der Waals surface area contributed by atoms with E-state index >= 15 is 0 Å². The number of nitrogens with zero attached hydrogens (tertiary/aromatic N) is 4. The summed E-state index contributed by atoms with van der Waals surface area (Å²) in [6.07, 6.45) is 6.33. The number of rotatable bonds is 18. The van der Waals surface area contributed by atoms with Crippen LogP contribution in [0, 0.1) is 35.1 Å². The number of halogens is 4. The van der Waals surface area contributed by atoms with E-state index in [0.29, 0.717) is 102 Å². The second kappa shape index (κ2) is 22.9. The molecule has 2 unspecified atom stereocenters. The molecule has 10 aromatic rings. The van der Waals surface area contributed by atoms with Gasteiger partial charge in [0.2, 0.25) is 0 Å². The number of primary amides is 2. The van der Waals surface area contributed by atoms with Crippen molar-refractivity contribution < 1.29 is 36.7 Å². The summed E-state index contributed by atoms with van der Waals surface area (Å²) in [5.41, 5.74) is 22.0. The predicted molar refractivity (Wildman–Crippen MR) is 324 cm³/mol. The van der Waals surface area contributed by atoms with E-state index in [1.54, 1.807) is 59.4 Å². The summed E-state index contributed by atoms with van der Waals surface area (Å²) in [4.78, 5) is 72.5. The Balaban J connectivity index is 0.837. The molecule has 4 atom stereocenters. The van der Waals surface area contributed by atoms with Gasteiger partial charge in [0.25, 0.3) is 23.6 Å². The first-order valence-corrected chi connectivity index (χ1v) is 29.4. The lowest BCUT2D eigenvalue weighted by atomic mass is 9.83. The zero-order chi connectivity index (χ0) is 60.3. The van der Waals surface area contributed by atoms with Gasteiger partial charge in [0, 0.05) is 46.0 Å². The predicted octanol–water partition coefficient (Wildman–Crippen LogP) is 13.2. The monoisotopic (exact) mass is 1170 g/mol. The molecule has 12 rings (SSSR count). The first-order chi connectivity index (χ1) is 41.3. The minimum absolute atomic E-state index is 0.0267. The zero-order valence-electron chi connectivity index (χ0n) is 47.6. The second-order valence-corrected chi connectivity index (χ2v) is 24.6. The number of aromatic nitrogens is 4. The summed E-state index contributed by atoms with van der Waals surface area (Å²) in [5.74, 6) is -4.76. The number of nitrogens with one attached hydrogen (secondary N) is 2. The van der Waals surface area contributed by atoms with Gasteiger partial charge < -0.3 is 26.5 Å². The lowest BCUT2D eigenvalue weighted by Crippen LogP contribution is -2.39. The highest BCUT2D eigenvalue weighted by molar-refractivity contribution is 7.17. The molecular formula is C69H60F4N8O4S. The van der Waals surface area contributed by atoms with Crippen LogP contribution in [0.5, 0.6) is 0 Å². The van der Waals surface area contributed by atoms with Crippen molar-refractivity contribution in [1.82, 2.24) is 30.0 Å². The van der Waals surface area contributed by atoms with Crippen LogP contribution >= 0.6 is 11.3 Å². The number of carbonyl (C=O) groups is 4. The fourth-order valence-corrected chi connectivity index (χ4v) is 13.8. The van der Waals surface area contributed by atoms with Crippen LogP contribution in [0.3, 0.4) is 0 Å². The van der Waals surface area contributed by atoms with Gasteiger partial charge in [-0.05, 0) is 151 Å². The van der Waals surface area contributed by atoms with Gasteiger partial charge >= 0.3 is 0 Å². The highest BCUT2D eigenvalue weighted by atomic mass is 32.1. The number of nitrogens with two attached hydrogens (primary N) is 2. The maximum Gasteiger partial charge on any atom is 0.261 e. The molecule has 1 aliphatic heterocycles. The van der Waals surface area contributed by atoms with E-state index in [1.165, 1.54) is 41.7 Å². The maximum atomic E-state index is 14.5. The number of amides is 4. The summed E-state index contributed by atoms with van der Waals surface area (Å²) in [5, 5.41) is 7.20. The first kappa shape index (κ1) is 57.1. The number of benzene rings is 5. The number of thiophene rings is 1. The summed E-state index contributed by atoms with van der Waals surface area (Å²) in [7, 11) is 0. The number of imidazole rings is 1. The van der Waals surface area contributed by atoms with Gasteiger partial charge in [-0.15, -0.1) is 11.3 Å². The van der Waals surface area contributed by atoms with Crippen LogP contribution in [-0.4, -0.2) is 43.0 Å². The van der Waals surface area contributed by atoms with Gasteiger partial charge in [-0.3, -0.25) is 29.1 Å². The summed E-state index contributed by atoms with van der Waals surface area (Å²) in [6.45, 7) is 8.03. The van der Waals surface area contributed by atoms with Crippen molar-refractivity contribution in [1.29, 1.82) is 0 Å². The van der Waals surface area contributed by atoms with Crippen LogP contribution < -0.4 is 22.1 Å². The molecule has 0 saturated carbocycles. The Morgan fingerprint density at radius 1 is 0.709 bits per heavy atom. The van der Waals surface area contributed by atoms with Crippen molar-refractivity contribution in [3.05, 3.63) is 247 Å². The molecule has 1 aliphatic carbocycles. The average molecular weight is 1170 g/mol. The second-order valence-electron chi connectivity index (χ2n) is 23.5. The Kier molecular flexibility index (Phi) is 15.2. The van der Waals surface area contributed by atoms with Crippen molar-refractivity contribution in [2.24, 2.45) is 23.3 Å². The smallest absolute Gasteiger partial charge is 0.261 e. The molecule has 5 aromatic heterocycles. The minimum Gasteiger partial charge on any atom is -0.366 e. The van der Waals surface area contributed by atoms with Crippen LogP contribution in [0.4, 0.5) is 17.6 Å². The van der Waals surface area contributed by atoms with Gasteiger partial charge in [-0.1, -0.05) is 93.6 Å². The SMILES string of the molecule is CC(C)Cc1nc2cc(Cc3ccc(F)cc3)ccc2c(-c2ccc(C(=O)N[C@@H]3CC(CC(C)Cc4nc5c(c(-c6ccc7c(Cc8ccc(F)c(F)c8)ncn7c6)c4C(N)=O)C(=O)N[C@@]5(C)Cc4ccc(F)cc4)c4ccccc43)s2)c1C(N)=O. The quantitative estimate of drug-likeness (QED) is 0.0615. The van der Waals surface area contributed by atoms with Gasteiger partial charge in [-0.2, -0.15) is 0 Å². The number of pyridine rings is 3. The highest BCUT2D eigenvalue weighted by Crippen LogP contribution is 2.47. The number of hydrogen-bond donors (Lipinski definition) is 4. The van der Waals surface area contributed by atoms with E-state index in [1.807, 2.05) is 63.2 Å². The van der Waals surface area contributed by atoms with Crippen molar-refractivity contribution in [2.75, 3.05) is 0 Å². The average Bonchev–Trinajstić information content (AvgIpc) is 2.25. The molecule has 0 fully saturated rings. The molecule has 0 radical (unpaired) electrons. The Bertz CT molecular complexity index is 4370. The van der Waals surface area contributed by atoms with Gasteiger partial charge in [0.1, 0.15) is 11.6 Å². The van der Waals surface area contributed by atoms with Gasteiger partial charge in [0.05, 0.1) is 73.3 Å². The summed E-state index contributed by atoms with van der Waals surface area (Å²) >= 11 is 1.27. The van der Waals surface area contributed by atoms with Crippen LogP contribution in [0.25, 0.3) is 38.0 Å². The molecule has 17 heteroatoms. The molecule has 86 heavy (non-hydrogen) atoms. The molecular weight excluding hydrogens is 1110 g/mol. The fourth-order valence-electron chi connectivity index (χ4n) is 12.8. The maximum absolute atomic E-state index is 14.5. The number of carbonyl (C=O) groups excluding carboxylic acids is 4. The molecule has 2 aliphatic rings. The lowest BCUT2D eigenvalue weighted by molar-refractivity contribution is 0.0928. The third-order valence-electron chi connectivity index (χ3n) is 16.6. The largest absolute Gasteiger partial charge is 0.366 e. The molecule has 4 amide bonds. The molecule has 0 bridgehead atoms. The van der Waals surface area contributed by atoms with Crippen molar-refractivity contribution in [3.8, 4) is 21.6 Å². The minimum atomic E-state index is -1.09. The Morgan fingerprint density at radius 2 is 1.37 bits per heavy atom. The normalized spacial score (nSPS) is 16.6. The number of hydrogen-bond acceptors (Lipinski definition) is 8. The third kappa shape index (κ3) is 11.1. The van der Waals surface area contributed by atoms with Crippen molar-refractivity contribution in [3.63, 3.8) is 0 Å². The van der Waals surface area contributed by atoms with Crippen molar-refractivity contribution in [2.45, 2.75) is 90.1 Å². The lowest BCUT2D eigenvalue weighted by Gasteiger charge is -2.27. The molecule has 12 nitrogen and oxygen atoms in total.